The molecule has 0 atom stereocenters. The Hall–Kier alpha value is -0.380. The lowest BCUT2D eigenvalue weighted by atomic mass is 10.0. The van der Waals surface area contributed by atoms with Gasteiger partial charge in [0.25, 0.3) is 0 Å². The Morgan fingerprint density at radius 3 is 2.64 bits per heavy atom. The van der Waals surface area contributed by atoms with Gasteiger partial charge in [0.2, 0.25) is 0 Å². The first-order valence-electron chi connectivity index (χ1n) is 4.76. The lowest BCUT2D eigenvalue weighted by Gasteiger charge is -2.13. The molecule has 0 aliphatic heterocycles. The SMILES string of the molecule is CN(C)CCc1c(Br)cccc1CN. The fraction of sp³-hybridized carbons (Fsp3) is 0.455. The molecule has 1 rings (SSSR count). The number of benzene rings is 1. The molecule has 1 aromatic carbocycles. The molecular formula is C11H17BrN2. The zero-order valence-corrected chi connectivity index (χ0v) is 10.3. The van der Waals surface area contributed by atoms with Crippen LogP contribution in [0.2, 0.25) is 0 Å². The summed E-state index contributed by atoms with van der Waals surface area (Å²) in [6.07, 6.45) is 1.04. The smallest absolute Gasteiger partial charge is 0.0211 e. The lowest BCUT2D eigenvalue weighted by Crippen LogP contribution is -2.16. The predicted molar refractivity (Wildman–Crippen MR) is 64.3 cm³/mol. The first kappa shape index (κ1) is 11.7. The number of nitrogens with two attached hydrogens (primary N) is 1. The predicted octanol–water partition coefficient (Wildman–Crippen LogP) is 2.01. The van der Waals surface area contributed by atoms with Gasteiger partial charge in [-0.3, -0.25) is 0 Å². The van der Waals surface area contributed by atoms with Crippen LogP contribution in [0.4, 0.5) is 0 Å². The molecule has 0 bridgehead atoms. The third-order valence-corrected chi connectivity index (χ3v) is 2.99. The Bertz CT molecular complexity index is 297. The maximum absolute atomic E-state index is 5.69. The van der Waals surface area contributed by atoms with E-state index in [-0.39, 0.29) is 0 Å². The Kier molecular flexibility index (Phi) is 4.58. The minimum absolute atomic E-state index is 0.613. The summed E-state index contributed by atoms with van der Waals surface area (Å²) in [5, 5.41) is 0. The maximum Gasteiger partial charge on any atom is 0.0211 e. The van der Waals surface area contributed by atoms with Crippen LogP contribution in [0.3, 0.4) is 0 Å². The summed E-state index contributed by atoms with van der Waals surface area (Å²) in [4.78, 5) is 2.18. The van der Waals surface area contributed by atoms with E-state index in [1.54, 1.807) is 0 Å². The van der Waals surface area contributed by atoms with Crippen molar-refractivity contribution in [3.63, 3.8) is 0 Å². The van der Waals surface area contributed by atoms with Crippen LogP contribution in [-0.4, -0.2) is 25.5 Å². The highest BCUT2D eigenvalue weighted by molar-refractivity contribution is 9.10. The summed E-state index contributed by atoms with van der Waals surface area (Å²) in [6.45, 7) is 1.66. The van der Waals surface area contributed by atoms with Crippen LogP contribution in [0.5, 0.6) is 0 Å². The van der Waals surface area contributed by atoms with Crippen LogP contribution >= 0.6 is 15.9 Å². The molecule has 0 spiro atoms. The van der Waals surface area contributed by atoms with E-state index in [9.17, 15) is 0 Å². The van der Waals surface area contributed by atoms with Crippen LogP contribution in [0.25, 0.3) is 0 Å². The number of rotatable bonds is 4. The topological polar surface area (TPSA) is 29.3 Å². The van der Waals surface area contributed by atoms with E-state index >= 15 is 0 Å². The molecule has 3 heteroatoms. The molecule has 78 valence electrons. The molecule has 0 aliphatic rings. The van der Waals surface area contributed by atoms with Crippen LogP contribution in [0.15, 0.2) is 22.7 Å². The van der Waals surface area contributed by atoms with Gasteiger partial charge in [0.1, 0.15) is 0 Å². The molecule has 2 N–H and O–H groups in total. The fourth-order valence-corrected chi connectivity index (χ4v) is 2.02. The van der Waals surface area contributed by atoms with Gasteiger partial charge >= 0.3 is 0 Å². The minimum atomic E-state index is 0.613. The third-order valence-electron chi connectivity index (χ3n) is 2.24. The number of hydrogen-bond acceptors (Lipinski definition) is 2. The average Bonchev–Trinajstić information content (AvgIpc) is 2.15. The number of halogens is 1. The van der Waals surface area contributed by atoms with Crippen LogP contribution < -0.4 is 5.73 Å². The molecule has 0 fully saturated rings. The molecule has 1 aromatic rings. The van der Waals surface area contributed by atoms with E-state index in [4.69, 9.17) is 5.73 Å². The van der Waals surface area contributed by atoms with Gasteiger partial charge in [0.15, 0.2) is 0 Å². The molecule has 0 amide bonds. The summed E-state index contributed by atoms with van der Waals surface area (Å²) in [5.41, 5.74) is 8.27. The van der Waals surface area contributed by atoms with Crippen molar-refractivity contribution in [2.24, 2.45) is 5.73 Å². The van der Waals surface area contributed by atoms with Crippen LogP contribution in [0.1, 0.15) is 11.1 Å². The number of likely N-dealkylation sites (N-methyl/N-ethyl adjacent to an activating group) is 1. The first-order valence-corrected chi connectivity index (χ1v) is 5.55. The van der Waals surface area contributed by atoms with E-state index in [1.807, 2.05) is 6.07 Å². The second-order valence-electron chi connectivity index (χ2n) is 3.63. The lowest BCUT2D eigenvalue weighted by molar-refractivity contribution is 0.413. The van der Waals surface area contributed by atoms with Crippen LogP contribution in [0, 0.1) is 0 Å². The number of hydrogen-bond donors (Lipinski definition) is 1. The van der Waals surface area contributed by atoms with E-state index in [2.05, 4.69) is 47.1 Å². The monoisotopic (exact) mass is 256 g/mol. The van der Waals surface area contributed by atoms with Gasteiger partial charge in [-0.25, -0.2) is 0 Å². The van der Waals surface area contributed by atoms with E-state index in [1.165, 1.54) is 15.6 Å². The maximum atomic E-state index is 5.69. The van der Waals surface area contributed by atoms with Crippen molar-refractivity contribution in [3.8, 4) is 0 Å². The van der Waals surface area contributed by atoms with Crippen molar-refractivity contribution in [3.05, 3.63) is 33.8 Å². The molecule has 0 unspecified atom stereocenters. The van der Waals surface area contributed by atoms with E-state index in [0.717, 1.165) is 13.0 Å². The largest absolute Gasteiger partial charge is 0.326 e. The molecule has 0 heterocycles. The van der Waals surface area contributed by atoms with Crippen molar-refractivity contribution in [1.82, 2.24) is 4.90 Å². The quantitative estimate of drug-likeness (QED) is 0.894. The molecular weight excluding hydrogens is 240 g/mol. The standard InChI is InChI=1S/C11H17BrN2/c1-14(2)7-6-10-9(8-13)4-3-5-11(10)12/h3-5H,6-8,13H2,1-2H3. The summed E-state index contributed by atoms with van der Waals surface area (Å²) >= 11 is 3.56. The van der Waals surface area contributed by atoms with E-state index < -0.39 is 0 Å². The third kappa shape index (κ3) is 3.08. The van der Waals surface area contributed by atoms with Crippen molar-refractivity contribution < 1.29 is 0 Å². The molecule has 0 aliphatic carbocycles. The highest BCUT2D eigenvalue weighted by Gasteiger charge is 2.05. The van der Waals surface area contributed by atoms with Gasteiger partial charge in [0, 0.05) is 17.6 Å². The minimum Gasteiger partial charge on any atom is -0.326 e. The molecule has 0 saturated carbocycles. The fourth-order valence-electron chi connectivity index (χ4n) is 1.41. The summed E-state index contributed by atoms with van der Waals surface area (Å²) in [5.74, 6) is 0. The normalized spacial score (nSPS) is 10.9. The van der Waals surface area contributed by atoms with E-state index in [0.29, 0.717) is 6.54 Å². The summed E-state index contributed by atoms with van der Waals surface area (Å²) in [6, 6.07) is 6.20. The van der Waals surface area contributed by atoms with Crippen molar-refractivity contribution in [2.75, 3.05) is 20.6 Å². The second-order valence-corrected chi connectivity index (χ2v) is 4.49. The van der Waals surface area contributed by atoms with Gasteiger partial charge in [-0.1, -0.05) is 28.1 Å². The van der Waals surface area contributed by atoms with Crippen molar-refractivity contribution in [1.29, 1.82) is 0 Å². The van der Waals surface area contributed by atoms with Gasteiger partial charge in [-0.15, -0.1) is 0 Å². The summed E-state index contributed by atoms with van der Waals surface area (Å²) in [7, 11) is 4.16. The Labute approximate surface area is 94.2 Å². The zero-order chi connectivity index (χ0) is 10.6. The second kappa shape index (κ2) is 5.49. The summed E-state index contributed by atoms with van der Waals surface area (Å²) < 4.78 is 1.17. The first-order chi connectivity index (χ1) is 6.65. The van der Waals surface area contributed by atoms with Crippen molar-refractivity contribution >= 4 is 15.9 Å². The highest BCUT2D eigenvalue weighted by Crippen LogP contribution is 2.21. The zero-order valence-electron chi connectivity index (χ0n) is 8.76. The molecule has 0 radical (unpaired) electrons. The van der Waals surface area contributed by atoms with Gasteiger partial charge in [0.05, 0.1) is 0 Å². The van der Waals surface area contributed by atoms with Gasteiger partial charge in [-0.05, 0) is 37.7 Å². The Morgan fingerprint density at radius 1 is 1.36 bits per heavy atom. The molecule has 0 saturated heterocycles. The Morgan fingerprint density at radius 2 is 2.07 bits per heavy atom. The molecule has 2 nitrogen and oxygen atoms in total. The molecule has 14 heavy (non-hydrogen) atoms. The number of nitrogens with zero attached hydrogens (tertiary/aromatic N) is 1. The Balaban J connectivity index is 2.82. The van der Waals surface area contributed by atoms with Gasteiger partial charge < -0.3 is 10.6 Å². The van der Waals surface area contributed by atoms with Crippen LogP contribution in [-0.2, 0) is 13.0 Å². The molecule has 0 aromatic heterocycles. The van der Waals surface area contributed by atoms with Crippen molar-refractivity contribution in [2.45, 2.75) is 13.0 Å². The average molecular weight is 257 g/mol. The van der Waals surface area contributed by atoms with Gasteiger partial charge in [-0.2, -0.15) is 0 Å². The highest BCUT2D eigenvalue weighted by atomic mass is 79.9.